The number of carbonyl (C=O) groups is 1. The largest absolute Gasteiger partial charge is 0.343 e. The van der Waals surface area contributed by atoms with Gasteiger partial charge >= 0.3 is 6.01 Å². The molecule has 0 spiro atoms. The number of hydrogen-bond donors (Lipinski definition) is 1. The standard InChI is InChI=1S/C15H18N4O2/c20-13-8-4-10-19(13)11-5-9-16-15-17-14(18-21-15)12-6-2-1-3-7-12/h1-3,6-7H,4-5,8-11H2,(H,16,17,18). The van der Waals surface area contributed by atoms with Crippen LogP contribution in [-0.2, 0) is 4.79 Å². The van der Waals surface area contributed by atoms with Gasteiger partial charge in [-0.05, 0) is 12.8 Å². The maximum atomic E-state index is 11.5. The normalized spacial score (nSPS) is 14.7. The Morgan fingerprint density at radius 1 is 1.29 bits per heavy atom. The van der Waals surface area contributed by atoms with E-state index in [1.807, 2.05) is 35.2 Å². The van der Waals surface area contributed by atoms with E-state index in [9.17, 15) is 4.79 Å². The summed E-state index contributed by atoms with van der Waals surface area (Å²) in [6.07, 6.45) is 2.54. The molecule has 21 heavy (non-hydrogen) atoms. The summed E-state index contributed by atoms with van der Waals surface area (Å²) in [5.74, 6) is 0.840. The van der Waals surface area contributed by atoms with Crippen LogP contribution >= 0.6 is 0 Å². The summed E-state index contributed by atoms with van der Waals surface area (Å²) < 4.78 is 5.16. The Kier molecular flexibility index (Phi) is 4.14. The number of carbonyl (C=O) groups excluding carboxylic acids is 1. The molecule has 0 unspecified atom stereocenters. The van der Waals surface area contributed by atoms with Crippen molar-refractivity contribution in [3.63, 3.8) is 0 Å². The third-order valence-electron chi connectivity index (χ3n) is 3.51. The molecule has 0 radical (unpaired) electrons. The number of nitrogens with zero attached hydrogens (tertiary/aromatic N) is 3. The highest BCUT2D eigenvalue weighted by Gasteiger charge is 2.19. The Balaban J connectivity index is 1.46. The van der Waals surface area contributed by atoms with Crippen molar-refractivity contribution in [1.29, 1.82) is 0 Å². The van der Waals surface area contributed by atoms with Crippen LogP contribution in [0.5, 0.6) is 0 Å². The number of anilines is 1. The Morgan fingerprint density at radius 3 is 2.90 bits per heavy atom. The summed E-state index contributed by atoms with van der Waals surface area (Å²) in [4.78, 5) is 17.7. The van der Waals surface area contributed by atoms with E-state index in [0.717, 1.165) is 31.5 Å². The van der Waals surface area contributed by atoms with Crippen molar-refractivity contribution >= 4 is 11.9 Å². The molecule has 1 fully saturated rings. The lowest BCUT2D eigenvalue weighted by Gasteiger charge is -2.14. The Morgan fingerprint density at radius 2 is 2.14 bits per heavy atom. The fraction of sp³-hybridized carbons (Fsp3) is 0.400. The second-order valence-corrected chi connectivity index (χ2v) is 5.05. The third-order valence-corrected chi connectivity index (χ3v) is 3.51. The van der Waals surface area contributed by atoms with Crippen LogP contribution in [0.3, 0.4) is 0 Å². The van der Waals surface area contributed by atoms with Gasteiger partial charge in [-0.25, -0.2) is 0 Å². The van der Waals surface area contributed by atoms with Gasteiger partial charge in [-0.2, -0.15) is 4.98 Å². The molecule has 6 heteroatoms. The Labute approximate surface area is 123 Å². The van der Waals surface area contributed by atoms with Gasteiger partial charge in [-0.3, -0.25) is 4.79 Å². The number of rotatable bonds is 6. The molecule has 2 heterocycles. The first-order valence-corrected chi connectivity index (χ1v) is 7.24. The van der Waals surface area contributed by atoms with Gasteiger partial charge in [-0.1, -0.05) is 35.5 Å². The molecule has 2 aromatic rings. The zero-order valence-corrected chi connectivity index (χ0v) is 11.8. The molecule has 1 aliphatic rings. The van der Waals surface area contributed by atoms with Crippen molar-refractivity contribution in [2.24, 2.45) is 0 Å². The fourth-order valence-electron chi connectivity index (χ4n) is 2.41. The van der Waals surface area contributed by atoms with E-state index in [1.54, 1.807) is 0 Å². The van der Waals surface area contributed by atoms with Crippen molar-refractivity contribution in [1.82, 2.24) is 15.0 Å². The van der Waals surface area contributed by atoms with Crippen molar-refractivity contribution in [3.8, 4) is 11.4 Å². The monoisotopic (exact) mass is 286 g/mol. The van der Waals surface area contributed by atoms with E-state index in [-0.39, 0.29) is 5.91 Å². The molecule has 0 atom stereocenters. The van der Waals surface area contributed by atoms with Crippen LogP contribution in [0.25, 0.3) is 11.4 Å². The van der Waals surface area contributed by atoms with Gasteiger partial charge < -0.3 is 14.7 Å². The fourth-order valence-corrected chi connectivity index (χ4v) is 2.41. The van der Waals surface area contributed by atoms with E-state index in [0.29, 0.717) is 24.8 Å². The summed E-state index contributed by atoms with van der Waals surface area (Å²) in [5.41, 5.74) is 0.928. The Hall–Kier alpha value is -2.37. The minimum atomic E-state index is 0.263. The maximum Gasteiger partial charge on any atom is 0.321 e. The average molecular weight is 286 g/mol. The lowest BCUT2D eigenvalue weighted by molar-refractivity contribution is -0.127. The zero-order valence-electron chi connectivity index (χ0n) is 11.8. The van der Waals surface area contributed by atoms with Gasteiger partial charge in [0, 0.05) is 31.6 Å². The van der Waals surface area contributed by atoms with Gasteiger partial charge in [0.25, 0.3) is 0 Å². The summed E-state index contributed by atoms with van der Waals surface area (Å²) in [5, 5.41) is 7.04. The molecule has 1 aromatic carbocycles. The van der Waals surface area contributed by atoms with Crippen molar-refractivity contribution < 1.29 is 9.32 Å². The topological polar surface area (TPSA) is 71.3 Å². The molecule has 0 bridgehead atoms. The summed E-state index contributed by atoms with van der Waals surface area (Å²) >= 11 is 0. The smallest absolute Gasteiger partial charge is 0.321 e. The summed E-state index contributed by atoms with van der Waals surface area (Å²) in [6, 6.07) is 10.1. The molecule has 1 N–H and O–H groups in total. The van der Waals surface area contributed by atoms with Gasteiger partial charge in [0.05, 0.1) is 0 Å². The predicted octanol–water partition coefficient (Wildman–Crippen LogP) is 2.16. The van der Waals surface area contributed by atoms with Crippen LogP contribution in [-0.4, -0.2) is 40.6 Å². The quantitative estimate of drug-likeness (QED) is 0.824. The number of aromatic nitrogens is 2. The van der Waals surface area contributed by atoms with E-state index >= 15 is 0 Å². The van der Waals surface area contributed by atoms with Crippen molar-refractivity contribution in [3.05, 3.63) is 30.3 Å². The molecule has 1 aliphatic heterocycles. The third kappa shape index (κ3) is 3.39. The predicted molar refractivity (Wildman–Crippen MR) is 78.7 cm³/mol. The van der Waals surface area contributed by atoms with Crippen LogP contribution in [0.4, 0.5) is 6.01 Å². The van der Waals surface area contributed by atoms with Crippen LogP contribution < -0.4 is 5.32 Å². The lowest BCUT2D eigenvalue weighted by atomic mass is 10.2. The molecule has 6 nitrogen and oxygen atoms in total. The number of benzene rings is 1. The zero-order chi connectivity index (χ0) is 14.5. The molecule has 1 aromatic heterocycles. The van der Waals surface area contributed by atoms with E-state index in [2.05, 4.69) is 15.5 Å². The molecule has 0 saturated carbocycles. The Bertz CT molecular complexity index is 597. The van der Waals surface area contributed by atoms with Gasteiger partial charge in [-0.15, -0.1) is 0 Å². The number of hydrogen-bond acceptors (Lipinski definition) is 5. The van der Waals surface area contributed by atoms with Crippen LogP contribution in [0.15, 0.2) is 34.9 Å². The van der Waals surface area contributed by atoms with E-state index in [1.165, 1.54) is 0 Å². The summed E-state index contributed by atoms with van der Waals surface area (Å²) in [6.45, 7) is 2.38. The van der Waals surface area contributed by atoms with Crippen molar-refractivity contribution in [2.75, 3.05) is 25.0 Å². The molecule has 1 amide bonds. The molecule has 110 valence electrons. The summed E-state index contributed by atoms with van der Waals surface area (Å²) in [7, 11) is 0. The number of amides is 1. The van der Waals surface area contributed by atoms with Crippen LogP contribution in [0.2, 0.25) is 0 Å². The number of likely N-dealkylation sites (tertiary alicyclic amines) is 1. The second kappa shape index (κ2) is 6.39. The second-order valence-electron chi connectivity index (χ2n) is 5.05. The first-order valence-electron chi connectivity index (χ1n) is 7.24. The van der Waals surface area contributed by atoms with Crippen LogP contribution in [0, 0.1) is 0 Å². The van der Waals surface area contributed by atoms with Crippen molar-refractivity contribution in [2.45, 2.75) is 19.3 Å². The molecule has 0 aliphatic carbocycles. The van der Waals surface area contributed by atoms with Gasteiger partial charge in [0.2, 0.25) is 11.7 Å². The van der Waals surface area contributed by atoms with E-state index < -0.39 is 0 Å². The highest BCUT2D eigenvalue weighted by molar-refractivity contribution is 5.78. The minimum Gasteiger partial charge on any atom is -0.343 e. The van der Waals surface area contributed by atoms with E-state index in [4.69, 9.17) is 4.52 Å². The first-order chi connectivity index (χ1) is 10.3. The first kappa shape index (κ1) is 13.6. The molecular formula is C15H18N4O2. The molecule has 1 saturated heterocycles. The van der Waals surface area contributed by atoms with Crippen LogP contribution in [0.1, 0.15) is 19.3 Å². The highest BCUT2D eigenvalue weighted by Crippen LogP contribution is 2.16. The SMILES string of the molecule is O=C1CCCN1CCCNc1nc(-c2ccccc2)no1. The van der Waals surface area contributed by atoms with Gasteiger partial charge in [0.15, 0.2) is 0 Å². The molecule has 3 rings (SSSR count). The lowest BCUT2D eigenvalue weighted by Crippen LogP contribution is -2.26. The number of nitrogens with one attached hydrogen (secondary N) is 1. The minimum absolute atomic E-state index is 0.263. The van der Waals surface area contributed by atoms with Gasteiger partial charge in [0.1, 0.15) is 0 Å². The average Bonchev–Trinajstić information content (AvgIpc) is 3.14. The highest BCUT2D eigenvalue weighted by atomic mass is 16.5. The molecular weight excluding hydrogens is 268 g/mol. The maximum absolute atomic E-state index is 11.5.